The zero-order valence-corrected chi connectivity index (χ0v) is 20.2. The molecule has 0 saturated heterocycles. The molecule has 0 saturated carbocycles. The van der Waals surface area contributed by atoms with E-state index in [9.17, 15) is 18.0 Å². The van der Waals surface area contributed by atoms with Gasteiger partial charge < -0.3 is 15.2 Å². The molecule has 1 amide bonds. The smallest absolute Gasteiger partial charge is 0.416 e. The van der Waals surface area contributed by atoms with E-state index in [1.807, 2.05) is 24.2 Å². The molecule has 0 bridgehead atoms. The maximum absolute atomic E-state index is 13.0. The number of aromatic nitrogens is 1. The van der Waals surface area contributed by atoms with Crippen molar-refractivity contribution in [1.82, 2.24) is 4.98 Å². The fourth-order valence-corrected chi connectivity index (χ4v) is 3.99. The highest BCUT2D eigenvalue weighted by atomic mass is 19.4. The lowest BCUT2D eigenvalue weighted by atomic mass is 10.0. The number of hydrazone groups is 1. The van der Waals surface area contributed by atoms with Gasteiger partial charge in [-0.1, -0.05) is 12.1 Å². The second kappa shape index (κ2) is 11.4. The number of anilines is 2. The lowest BCUT2D eigenvalue weighted by molar-refractivity contribution is -0.137. The van der Waals surface area contributed by atoms with Crippen LogP contribution in [0.5, 0.6) is 5.75 Å². The van der Waals surface area contributed by atoms with Gasteiger partial charge in [0.1, 0.15) is 5.75 Å². The Bertz CT molecular complexity index is 1280. The van der Waals surface area contributed by atoms with Gasteiger partial charge in [-0.05, 0) is 61.7 Å². The van der Waals surface area contributed by atoms with Crippen LogP contribution in [0.15, 0.2) is 66.0 Å². The third-order valence-corrected chi connectivity index (χ3v) is 5.97. The molecule has 2 N–H and O–H groups in total. The lowest BCUT2D eigenvalue weighted by Gasteiger charge is -2.20. The van der Waals surface area contributed by atoms with Crippen LogP contribution in [-0.4, -0.2) is 42.0 Å². The number of nitrogens with one attached hydrogen (secondary N) is 1. The third kappa shape index (κ3) is 6.45. The number of pyridine rings is 1. The Morgan fingerprint density at radius 2 is 2.03 bits per heavy atom. The predicted octanol–water partition coefficient (Wildman–Crippen LogP) is 5.40. The number of aliphatic hydroxyl groups is 1. The molecule has 0 spiro atoms. The Morgan fingerprint density at radius 1 is 1.19 bits per heavy atom. The molecule has 0 fully saturated rings. The first-order chi connectivity index (χ1) is 17.8. The quantitative estimate of drug-likeness (QED) is 0.375. The summed E-state index contributed by atoms with van der Waals surface area (Å²) in [7, 11) is 0. The maximum atomic E-state index is 13.0. The van der Waals surface area contributed by atoms with Gasteiger partial charge in [-0.3, -0.25) is 14.8 Å². The highest BCUT2D eigenvalue weighted by Crippen LogP contribution is 2.34. The number of nitrogens with zero attached hydrogens (tertiary/aromatic N) is 3. The number of unbranched alkanes of at least 4 members (excludes halogenated alkanes) is 1. The van der Waals surface area contributed by atoms with Crippen LogP contribution in [0, 0.1) is 6.92 Å². The number of halogens is 3. The van der Waals surface area contributed by atoms with Crippen molar-refractivity contribution >= 4 is 23.5 Å². The minimum Gasteiger partial charge on any atom is -0.493 e. The molecule has 2 heterocycles. The van der Waals surface area contributed by atoms with Gasteiger partial charge in [0.05, 0.1) is 24.4 Å². The fraction of sp³-hybridized carbons (Fsp3) is 0.296. The van der Waals surface area contributed by atoms with Crippen molar-refractivity contribution in [2.45, 2.75) is 31.9 Å². The standard InChI is InChI=1S/C27H27F3N4O3/c1-18-7-8-22(33-26(36)19-5-4-6-21(13-19)27(28,29)30)14-24(18)34-17-20(15-32-34)23-16-31-10-9-25(23)37-12-3-2-11-35/h4-10,13-16,20,35H,2-3,11-12,17H2,1H3,(H,33,36). The molecule has 1 aromatic heterocycles. The average Bonchev–Trinajstić information content (AvgIpc) is 3.37. The van der Waals surface area contributed by atoms with Crippen LogP contribution in [0.2, 0.25) is 0 Å². The minimum atomic E-state index is -4.53. The number of alkyl halides is 3. The number of hydrogen-bond acceptors (Lipinski definition) is 6. The maximum Gasteiger partial charge on any atom is 0.416 e. The molecule has 4 rings (SSSR count). The van der Waals surface area contributed by atoms with E-state index in [0.29, 0.717) is 31.0 Å². The van der Waals surface area contributed by atoms with E-state index in [0.717, 1.165) is 35.4 Å². The Labute approximate surface area is 212 Å². The Hall–Kier alpha value is -3.92. The third-order valence-electron chi connectivity index (χ3n) is 5.97. The first kappa shape index (κ1) is 26.2. The van der Waals surface area contributed by atoms with Gasteiger partial charge in [-0.2, -0.15) is 18.3 Å². The van der Waals surface area contributed by atoms with Crippen molar-refractivity contribution in [1.29, 1.82) is 0 Å². The SMILES string of the molecule is Cc1ccc(NC(=O)c2cccc(C(F)(F)F)c2)cc1N1CC(c2cnccc2OCCCCO)C=N1. The molecule has 194 valence electrons. The summed E-state index contributed by atoms with van der Waals surface area (Å²) in [5.74, 6) is -0.00332. The molecule has 0 radical (unpaired) electrons. The first-order valence-electron chi connectivity index (χ1n) is 11.8. The fourth-order valence-electron chi connectivity index (χ4n) is 3.99. The molecule has 10 heteroatoms. The average molecular weight is 513 g/mol. The molecule has 1 aliphatic rings. The van der Waals surface area contributed by atoms with Gasteiger partial charge in [0.2, 0.25) is 0 Å². The van der Waals surface area contributed by atoms with E-state index >= 15 is 0 Å². The van der Waals surface area contributed by atoms with E-state index in [4.69, 9.17) is 9.84 Å². The van der Waals surface area contributed by atoms with Gasteiger partial charge in [0.15, 0.2) is 0 Å². The van der Waals surface area contributed by atoms with E-state index < -0.39 is 17.6 Å². The normalized spacial score (nSPS) is 15.2. The summed E-state index contributed by atoms with van der Waals surface area (Å²) < 4.78 is 45.0. The lowest BCUT2D eigenvalue weighted by Crippen LogP contribution is -2.19. The topological polar surface area (TPSA) is 87.1 Å². The van der Waals surface area contributed by atoms with Crippen LogP contribution >= 0.6 is 0 Å². The minimum absolute atomic E-state index is 0.0794. The molecule has 7 nitrogen and oxygen atoms in total. The Balaban J connectivity index is 1.47. The van der Waals surface area contributed by atoms with Crippen molar-refractivity contribution in [3.63, 3.8) is 0 Å². The number of hydrogen-bond donors (Lipinski definition) is 2. The first-order valence-corrected chi connectivity index (χ1v) is 11.8. The highest BCUT2D eigenvalue weighted by Gasteiger charge is 2.31. The zero-order valence-electron chi connectivity index (χ0n) is 20.2. The number of carbonyl (C=O) groups excluding carboxylic acids is 1. The zero-order chi connectivity index (χ0) is 26.4. The number of aryl methyl sites for hydroxylation is 1. The largest absolute Gasteiger partial charge is 0.493 e. The predicted molar refractivity (Wildman–Crippen MR) is 135 cm³/mol. The number of carbonyl (C=O) groups is 1. The summed E-state index contributed by atoms with van der Waals surface area (Å²) in [5, 5.41) is 18.0. The van der Waals surface area contributed by atoms with Gasteiger partial charge in [0.25, 0.3) is 5.91 Å². The molecule has 3 aromatic rings. The number of rotatable bonds is 9. The summed E-state index contributed by atoms with van der Waals surface area (Å²) in [6.45, 7) is 3.04. The number of benzene rings is 2. The second-order valence-corrected chi connectivity index (χ2v) is 8.68. The number of ether oxygens (including phenoxy) is 1. The highest BCUT2D eigenvalue weighted by molar-refractivity contribution is 6.04. The molecular formula is C27H27F3N4O3. The summed E-state index contributed by atoms with van der Waals surface area (Å²) in [5.41, 5.74) is 2.05. The Kier molecular flexibility index (Phi) is 8.08. The van der Waals surface area contributed by atoms with E-state index in [-0.39, 0.29) is 18.1 Å². The van der Waals surface area contributed by atoms with Crippen molar-refractivity contribution in [3.05, 3.63) is 83.2 Å². The van der Waals surface area contributed by atoms with E-state index in [1.54, 1.807) is 30.6 Å². The van der Waals surface area contributed by atoms with Crippen LogP contribution in [0.25, 0.3) is 0 Å². The van der Waals surface area contributed by atoms with Gasteiger partial charge in [0, 0.05) is 47.9 Å². The summed E-state index contributed by atoms with van der Waals surface area (Å²) in [6, 6.07) is 11.4. The summed E-state index contributed by atoms with van der Waals surface area (Å²) >= 11 is 0. The van der Waals surface area contributed by atoms with Gasteiger partial charge >= 0.3 is 6.18 Å². The Morgan fingerprint density at radius 3 is 2.81 bits per heavy atom. The summed E-state index contributed by atoms with van der Waals surface area (Å²) in [6.07, 6.45) is 2.09. The number of amides is 1. The van der Waals surface area contributed by atoms with Crippen molar-refractivity contribution in [2.75, 3.05) is 30.1 Å². The molecule has 1 aliphatic heterocycles. The van der Waals surface area contributed by atoms with Crippen LogP contribution < -0.4 is 15.1 Å². The van der Waals surface area contributed by atoms with Crippen LogP contribution in [0.1, 0.15) is 45.8 Å². The van der Waals surface area contributed by atoms with Gasteiger partial charge in [-0.25, -0.2) is 0 Å². The van der Waals surface area contributed by atoms with E-state index in [2.05, 4.69) is 15.4 Å². The molecule has 37 heavy (non-hydrogen) atoms. The van der Waals surface area contributed by atoms with Crippen LogP contribution in [0.3, 0.4) is 0 Å². The molecule has 0 aliphatic carbocycles. The van der Waals surface area contributed by atoms with Crippen molar-refractivity contribution < 1.29 is 27.8 Å². The van der Waals surface area contributed by atoms with Crippen molar-refractivity contribution in [2.24, 2.45) is 5.10 Å². The monoisotopic (exact) mass is 512 g/mol. The second-order valence-electron chi connectivity index (χ2n) is 8.68. The van der Waals surface area contributed by atoms with Crippen LogP contribution in [-0.2, 0) is 6.18 Å². The van der Waals surface area contributed by atoms with Crippen molar-refractivity contribution in [3.8, 4) is 5.75 Å². The molecule has 1 unspecified atom stereocenters. The number of aliphatic hydroxyl groups excluding tert-OH is 1. The van der Waals surface area contributed by atoms with Crippen LogP contribution in [0.4, 0.5) is 24.5 Å². The van der Waals surface area contributed by atoms with E-state index in [1.165, 1.54) is 12.1 Å². The molecule has 2 aromatic carbocycles. The molecule has 1 atom stereocenters. The molecular weight excluding hydrogens is 485 g/mol. The van der Waals surface area contributed by atoms with Gasteiger partial charge in [-0.15, -0.1) is 0 Å². The summed E-state index contributed by atoms with van der Waals surface area (Å²) in [4.78, 5) is 16.9.